The normalized spacial score (nSPS) is 19.3. The van der Waals surface area contributed by atoms with Crippen molar-refractivity contribution in [3.8, 4) is 11.4 Å². The van der Waals surface area contributed by atoms with Crippen LogP contribution < -0.4 is 11.3 Å². The van der Waals surface area contributed by atoms with Gasteiger partial charge in [0.05, 0.1) is 29.7 Å². The summed E-state index contributed by atoms with van der Waals surface area (Å²) in [6.07, 6.45) is 2.36. The first-order valence-corrected chi connectivity index (χ1v) is 10.8. The fourth-order valence-electron chi connectivity index (χ4n) is 4.79. The number of ketones is 1. The molecule has 3 aromatic rings. The van der Waals surface area contributed by atoms with E-state index in [1.165, 1.54) is 0 Å². The first-order chi connectivity index (χ1) is 15.5. The Morgan fingerprint density at radius 1 is 1.28 bits per heavy atom. The number of carbonyl (C=O) groups is 1. The van der Waals surface area contributed by atoms with Crippen LogP contribution >= 0.6 is 0 Å². The molecule has 0 saturated heterocycles. The SMILES string of the molecule is CC[C@@]1(O)C(=O)CCc2c1cc1n(c2=O)Cc2c-1nc1ccccc1c2/C=N/OCCN. The second-order valence-electron chi connectivity index (χ2n) is 8.18. The van der Waals surface area contributed by atoms with E-state index in [1.807, 2.05) is 24.3 Å². The van der Waals surface area contributed by atoms with Crippen molar-refractivity contribution in [1.82, 2.24) is 9.55 Å². The molecule has 8 nitrogen and oxygen atoms in total. The molecular formula is C24H24N4O4. The van der Waals surface area contributed by atoms with Crippen LogP contribution in [0.4, 0.5) is 0 Å². The van der Waals surface area contributed by atoms with Crippen LogP contribution in [0.3, 0.4) is 0 Å². The summed E-state index contributed by atoms with van der Waals surface area (Å²) in [6.45, 7) is 2.76. The van der Waals surface area contributed by atoms with Crippen LogP contribution in [-0.2, 0) is 28.2 Å². The average Bonchev–Trinajstić information content (AvgIpc) is 3.17. The van der Waals surface area contributed by atoms with Gasteiger partial charge in [0.2, 0.25) is 0 Å². The third kappa shape index (κ3) is 2.91. The van der Waals surface area contributed by atoms with Gasteiger partial charge in [0.15, 0.2) is 5.78 Å². The predicted octanol–water partition coefficient (Wildman–Crippen LogP) is 1.85. The van der Waals surface area contributed by atoms with E-state index in [4.69, 9.17) is 15.6 Å². The number of nitrogens with two attached hydrogens (primary N) is 1. The Hall–Kier alpha value is -3.36. The topological polar surface area (TPSA) is 120 Å². The van der Waals surface area contributed by atoms with E-state index in [9.17, 15) is 14.7 Å². The highest BCUT2D eigenvalue weighted by Gasteiger charge is 2.43. The van der Waals surface area contributed by atoms with Gasteiger partial charge in [0, 0.05) is 40.6 Å². The lowest BCUT2D eigenvalue weighted by molar-refractivity contribution is -0.140. The molecule has 32 heavy (non-hydrogen) atoms. The number of hydrogen-bond acceptors (Lipinski definition) is 7. The van der Waals surface area contributed by atoms with E-state index in [0.29, 0.717) is 48.6 Å². The molecule has 0 amide bonds. The minimum Gasteiger partial charge on any atom is -0.394 e. The highest BCUT2D eigenvalue weighted by molar-refractivity contribution is 6.02. The van der Waals surface area contributed by atoms with Crippen LogP contribution in [0.25, 0.3) is 22.3 Å². The molecule has 0 bridgehead atoms. The maximum atomic E-state index is 13.4. The highest BCUT2D eigenvalue weighted by Crippen LogP contribution is 2.40. The lowest BCUT2D eigenvalue weighted by Crippen LogP contribution is -2.43. The number of hydrogen-bond donors (Lipinski definition) is 2. The zero-order chi connectivity index (χ0) is 22.5. The predicted molar refractivity (Wildman–Crippen MR) is 121 cm³/mol. The van der Waals surface area contributed by atoms with Crippen LogP contribution in [0.2, 0.25) is 0 Å². The Morgan fingerprint density at radius 3 is 2.88 bits per heavy atom. The van der Waals surface area contributed by atoms with Crippen molar-refractivity contribution in [2.45, 2.75) is 38.3 Å². The van der Waals surface area contributed by atoms with Crippen molar-refractivity contribution in [3.05, 3.63) is 62.9 Å². The largest absolute Gasteiger partial charge is 0.394 e. The zero-order valence-corrected chi connectivity index (χ0v) is 17.8. The minimum absolute atomic E-state index is 0.164. The van der Waals surface area contributed by atoms with Crippen LogP contribution in [0, 0.1) is 0 Å². The Balaban J connectivity index is 1.75. The molecule has 1 atom stereocenters. The number of aliphatic hydroxyl groups is 1. The molecule has 2 aromatic heterocycles. The molecule has 1 aromatic carbocycles. The van der Waals surface area contributed by atoms with E-state index in [-0.39, 0.29) is 24.2 Å². The molecule has 1 aliphatic carbocycles. The summed E-state index contributed by atoms with van der Waals surface area (Å²) < 4.78 is 1.68. The number of benzene rings is 1. The van der Waals surface area contributed by atoms with Gasteiger partial charge in [-0.3, -0.25) is 9.59 Å². The number of oxime groups is 1. The standard InChI is InChI=1S/C24H24N4O4/c1-2-24(31)18-11-20-22-17(13-28(20)23(30)15(18)7-8-21(24)29)16(12-26-32-10-9-25)14-5-3-4-6-19(14)27-22/h3-6,11-12,31H,2,7-10,13,25H2,1H3/b26-12+/t24-/m0/s1. The molecule has 2 aliphatic rings. The summed E-state index contributed by atoms with van der Waals surface area (Å²) in [5.41, 5.74) is 8.28. The number of nitrogens with zero attached hydrogens (tertiary/aromatic N) is 3. The van der Waals surface area contributed by atoms with Crippen LogP contribution in [0.5, 0.6) is 0 Å². The Bertz CT molecular complexity index is 1340. The van der Waals surface area contributed by atoms with Crippen molar-refractivity contribution in [3.63, 3.8) is 0 Å². The van der Waals surface area contributed by atoms with Crippen molar-refractivity contribution < 1.29 is 14.7 Å². The van der Waals surface area contributed by atoms with Gasteiger partial charge in [-0.1, -0.05) is 30.3 Å². The Morgan fingerprint density at radius 2 is 2.09 bits per heavy atom. The van der Waals surface area contributed by atoms with E-state index < -0.39 is 5.60 Å². The second-order valence-corrected chi connectivity index (χ2v) is 8.18. The molecule has 1 aliphatic heterocycles. The Labute approximate surface area is 184 Å². The molecular weight excluding hydrogens is 408 g/mol. The van der Waals surface area contributed by atoms with Crippen molar-refractivity contribution in [2.24, 2.45) is 10.9 Å². The van der Waals surface area contributed by atoms with Crippen LogP contribution in [0.1, 0.15) is 42.0 Å². The number of rotatable bonds is 5. The number of para-hydroxylation sites is 1. The van der Waals surface area contributed by atoms with Gasteiger partial charge in [-0.2, -0.15) is 0 Å². The van der Waals surface area contributed by atoms with Gasteiger partial charge in [-0.25, -0.2) is 4.98 Å². The van der Waals surface area contributed by atoms with Crippen molar-refractivity contribution >= 4 is 22.9 Å². The fourth-order valence-corrected chi connectivity index (χ4v) is 4.79. The second kappa shape index (κ2) is 7.65. The number of fused-ring (bicyclic) bond motifs is 5. The van der Waals surface area contributed by atoms with E-state index in [0.717, 1.165) is 22.0 Å². The lowest BCUT2D eigenvalue weighted by atomic mass is 9.77. The van der Waals surface area contributed by atoms with Gasteiger partial charge in [0.1, 0.15) is 12.2 Å². The molecule has 0 unspecified atom stereocenters. The van der Waals surface area contributed by atoms with Crippen molar-refractivity contribution in [1.29, 1.82) is 0 Å². The number of carbonyl (C=O) groups excluding carboxylic acids is 1. The number of aromatic nitrogens is 2. The Kier molecular flexibility index (Phi) is 4.91. The summed E-state index contributed by atoms with van der Waals surface area (Å²) >= 11 is 0. The lowest BCUT2D eigenvalue weighted by Gasteiger charge is -2.32. The van der Waals surface area contributed by atoms with Crippen LogP contribution in [0.15, 0.2) is 40.3 Å². The molecule has 8 heteroatoms. The van der Waals surface area contributed by atoms with E-state index in [2.05, 4.69) is 5.16 Å². The van der Waals surface area contributed by atoms with Crippen molar-refractivity contribution in [2.75, 3.05) is 13.2 Å². The molecule has 0 radical (unpaired) electrons. The minimum atomic E-state index is -1.64. The monoisotopic (exact) mass is 432 g/mol. The van der Waals surface area contributed by atoms with Crippen LogP contribution in [-0.4, -0.2) is 39.8 Å². The van der Waals surface area contributed by atoms with Gasteiger partial charge in [0.25, 0.3) is 5.56 Å². The average molecular weight is 432 g/mol. The maximum absolute atomic E-state index is 13.4. The fraction of sp³-hybridized carbons (Fsp3) is 0.333. The van der Waals surface area contributed by atoms with Gasteiger partial charge >= 0.3 is 0 Å². The smallest absolute Gasteiger partial charge is 0.254 e. The summed E-state index contributed by atoms with van der Waals surface area (Å²) in [6, 6.07) is 9.46. The number of pyridine rings is 2. The molecule has 5 rings (SSSR count). The van der Waals surface area contributed by atoms with Gasteiger partial charge in [-0.05, 0) is 25.0 Å². The molecule has 0 spiro atoms. The third-order valence-corrected chi connectivity index (χ3v) is 6.48. The summed E-state index contributed by atoms with van der Waals surface area (Å²) in [7, 11) is 0. The van der Waals surface area contributed by atoms with Gasteiger partial charge < -0.3 is 20.2 Å². The maximum Gasteiger partial charge on any atom is 0.254 e. The molecule has 0 saturated carbocycles. The summed E-state index contributed by atoms with van der Waals surface area (Å²) in [5, 5.41) is 16.1. The molecule has 164 valence electrons. The third-order valence-electron chi connectivity index (χ3n) is 6.48. The zero-order valence-electron chi connectivity index (χ0n) is 17.8. The molecule has 3 heterocycles. The van der Waals surface area contributed by atoms with E-state index in [1.54, 1.807) is 23.8 Å². The molecule has 0 fully saturated rings. The number of Topliss-reactive ketones (excluding diaryl/α,β-unsaturated/α-hetero) is 1. The highest BCUT2D eigenvalue weighted by atomic mass is 16.6. The molecule has 3 N–H and O–H groups in total. The first-order valence-electron chi connectivity index (χ1n) is 10.8. The quantitative estimate of drug-likeness (QED) is 0.282. The summed E-state index contributed by atoms with van der Waals surface area (Å²) in [4.78, 5) is 36.0. The van der Waals surface area contributed by atoms with E-state index >= 15 is 0 Å². The van der Waals surface area contributed by atoms with Gasteiger partial charge in [-0.15, -0.1) is 0 Å². The first kappa shape index (κ1) is 20.5. The summed E-state index contributed by atoms with van der Waals surface area (Å²) in [5.74, 6) is -0.244.